The molecular weight excluding hydrogens is 393 g/mol. The molecule has 2 unspecified atom stereocenters. The van der Waals surface area contributed by atoms with Gasteiger partial charge in [-0.1, -0.05) is 44.9 Å². The summed E-state index contributed by atoms with van der Waals surface area (Å²) in [6.07, 6.45) is 9.56. The summed E-state index contributed by atoms with van der Waals surface area (Å²) >= 11 is 0. The average molecular weight is 425 g/mol. The number of aliphatic hydroxyl groups is 1. The van der Waals surface area contributed by atoms with Crippen molar-refractivity contribution in [3.8, 4) is 0 Å². The molecule has 1 aliphatic carbocycles. The van der Waals surface area contributed by atoms with E-state index in [4.69, 9.17) is 14.2 Å². The summed E-state index contributed by atoms with van der Waals surface area (Å²) in [7, 11) is 0. The quantitative estimate of drug-likeness (QED) is 0.685. The van der Waals surface area contributed by atoms with Gasteiger partial charge in [0.1, 0.15) is 18.3 Å². The Hall–Kier alpha value is -1.35. The van der Waals surface area contributed by atoms with Gasteiger partial charge in [-0.3, -0.25) is 14.5 Å². The number of rotatable bonds is 2. The molecule has 1 saturated carbocycles. The summed E-state index contributed by atoms with van der Waals surface area (Å²) in [5.41, 5.74) is 0. The molecule has 3 aliphatic heterocycles. The van der Waals surface area contributed by atoms with Gasteiger partial charge in [-0.05, 0) is 12.8 Å². The first kappa shape index (κ1) is 21.9. The van der Waals surface area contributed by atoms with E-state index in [0.717, 1.165) is 49.6 Å². The number of hydrogen-bond donors (Lipinski definition) is 1. The molecule has 7 nitrogen and oxygen atoms in total. The minimum absolute atomic E-state index is 0.287. The zero-order chi connectivity index (χ0) is 21.1. The Morgan fingerprint density at radius 3 is 2.13 bits per heavy atom. The van der Waals surface area contributed by atoms with Crippen molar-refractivity contribution >= 4 is 11.7 Å². The van der Waals surface area contributed by atoms with Crippen LogP contribution in [0.1, 0.15) is 77.0 Å². The molecular formula is C22H32FNO6. The third kappa shape index (κ3) is 4.47. The molecule has 1 amide bonds. The number of amides is 1. The van der Waals surface area contributed by atoms with Gasteiger partial charge in [0.25, 0.3) is 0 Å². The Balaban J connectivity index is 1.52. The van der Waals surface area contributed by atoms with Crippen molar-refractivity contribution in [2.24, 2.45) is 0 Å². The third-order valence-corrected chi connectivity index (χ3v) is 6.68. The second-order valence-corrected chi connectivity index (χ2v) is 8.88. The van der Waals surface area contributed by atoms with Gasteiger partial charge in [0.2, 0.25) is 11.7 Å². The number of halogens is 1. The number of aliphatic hydroxyl groups excluding tert-OH is 1. The van der Waals surface area contributed by atoms with Crippen molar-refractivity contribution in [3.05, 3.63) is 12.0 Å². The minimum atomic E-state index is -0.971. The molecule has 3 fully saturated rings. The van der Waals surface area contributed by atoms with E-state index in [1.165, 1.54) is 32.1 Å². The first-order valence-corrected chi connectivity index (χ1v) is 11.4. The number of nitrogens with zero attached hydrogens (tertiary/aromatic N) is 1. The number of hydrogen-bond acceptors (Lipinski definition) is 6. The van der Waals surface area contributed by atoms with Gasteiger partial charge < -0.3 is 19.3 Å². The number of ketones is 1. The fourth-order valence-corrected chi connectivity index (χ4v) is 5.05. The lowest BCUT2D eigenvalue weighted by Gasteiger charge is -2.34. The standard InChI is InChI=1S/C22H32FNO6/c23-15-13-24(18(27)12-16(15)26)21-20-19(17(14-25)28-21)29-22(30-20)10-8-6-4-2-1-3-5-7-9-11-22/h13,17,19-21,25H,1-12,14H2/t17-,19?,20?,21-/m1/s1. The van der Waals surface area contributed by atoms with E-state index in [1.807, 2.05) is 0 Å². The fraction of sp³-hybridized carbons (Fsp3) is 0.818. The first-order chi connectivity index (χ1) is 14.5. The summed E-state index contributed by atoms with van der Waals surface area (Å²) in [5.74, 6) is -3.10. The minimum Gasteiger partial charge on any atom is -0.394 e. The number of allylic oxidation sites excluding steroid dienone is 1. The molecule has 0 aromatic rings. The Morgan fingerprint density at radius 2 is 1.53 bits per heavy atom. The number of carbonyl (C=O) groups is 2. The van der Waals surface area contributed by atoms with Gasteiger partial charge >= 0.3 is 0 Å². The Labute approximate surface area is 176 Å². The normalized spacial score (nSPS) is 35.7. The largest absolute Gasteiger partial charge is 0.394 e. The van der Waals surface area contributed by atoms with E-state index in [2.05, 4.69) is 0 Å². The van der Waals surface area contributed by atoms with Crippen LogP contribution >= 0.6 is 0 Å². The van der Waals surface area contributed by atoms with E-state index in [0.29, 0.717) is 0 Å². The molecule has 2 saturated heterocycles. The summed E-state index contributed by atoms with van der Waals surface area (Å²) in [5, 5.41) is 9.82. The summed E-state index contributed by atoms with van der Waals surface area (Å²) in [6, 6.07) is 0. The smallest absolute Gasteiger partial charge is 0.236 e. The maximum atomic E-state index is 13.9. The molecule has 4 aliphatic rings. The second-order valence-electron chi connectivity index (χ2n) is 8.88. The molecule has 30 heavy (non-hydrogen) atoms. The lowest BCUT2D eigenvalue weighted by molar-refractivity contribution is -0.231. The molecule has 4 atom stereocenters. The van der Waals surface area contributed by atoms with Gasteiger partial charge in [0.05, 0.1) is 13.0 Å². The molecule has 8 heteroatoms. The molecule has 3 heterocycles. The highest BCUT2D eigenvalue weighted by Gasteiger charge is 2.59. The van der Waals surface area contributed by atoms with E-state index in [9.17, 15) is 19.1 Å². The summed E-state index contributed by atoms with van der Waals surface area (Å²) in [6.45, 7) is -0.287. The van der Waals surface area contributed by atoms with Crippen molar-refractivity contribution in [3.63, 3.8) is 0 Å². The number of fused-ring (bicyclic) bond motifs is 1. The molecule has 168 valence electrons. The molecule has 0 radical (unpaired) electrons. The van der Waals surface area contributed by atoms with E-state index < -0.39 is 54.3 Å². The maximum absolute atomic E-state index is 13.9. The van der Waals surface area contributed by atoms with Crippen LogP contribution in [0.2, 0.25) is 0 Å². The molecule has 0 bridgehead atoms. The highest BCUT2D eigenvalue weighted by molar-refractivity contribution is 6.08. The highest BCUT2D eigenvalue weighted by Crippen LogP contribution is 2.45. The topological polar surface area (TPSA) is 85.3 Å². The van der Waals surface area contributed by atoms with Crippen molar-refractivity contribution in [1.29, 1.82) is 0 Å². The van der Waals surface area contributed by atoms with Crippen LogP contribution in [-0.2, 0) is 23.8 Å². The monoisotopic (exact) mass is 425 g/mol. The van der Waals surface area contributed by atoms with Gasteiger partial charge in [0, 0.05) is 19.0 Å². The van der Waals surface area contributed by atoms with Gasteiger partial charge in [-0.25, -0.2) is 4.39 Å². The average Bonchev–Trinajstić information content (AvgIpc) is 3.23. The Bertz CT molecular complexity index is 671. The van der Waals surface area contributed by atoms with Crippen molar-refractivity contribution in [2.45, 2.75) is 107 Å². The Morgan fingerprint density at radius 1 is 0.967 bits per heavy atom. The highest BCUT2D eigenvalue weighted by atomic mass is 19.1. The van der Waals surface area contributed by atoms with Crippen LogP contribution in [0.3, 0.4) is 0 Å². The van der Waals surface area contributed by atoms with Crippen LogP contribution in [0.5, 0.6) is 0 Å². The van der Waals surface area contributed by atoms with Crippen molar-refractivity contribution in [2.75, 3.05) is 6.61 Å². The number of ether oxygens (including phenoxy) is 3. The third-order valence-electron chi connectivity index (χ3n) is 6.68. The van der Waals surface area contributed by atoms with Crippen LogP contribution in [0, 0.1) is 0 Å². The number of carbonyl (C=O) groups excluding carboxylic acids is 2. The summed E-state index contributed by atoms with van der Waals surface area (Å²) in [4.78, 5) is 25.0. The predicted octanol–water partition coefficient (Wildman–Crippen LogP) is 3.10. The fourth-order valence-electron chi connectivity index (χ4n) is 5.05. The zero-order valence-corrected chi connectivity index (χ0v) is 17.4. The Kier molecular flexibility index (Phi) is 6.87. The van der Waals surface area contributed by atoms with Gasteiger partial charge in [0.15, 0.2) is 17.8 Å². The van der Waals surface area contributed by atoms with Crippen LogP contribution in [-0.4, -0.2) is 58.6 Å². The van der Waals surface area contributed by atoms with Crippen LogP contribution in [0.15, 0.2) is 12.0 Å². The molecule has 4 rings (SSSR count). The number of Topliss-reactive ketones (excluding diaryl/α,β-unsaturated/α-hetero) is 1. The lowest BCUT2D eigenvalue weighted by Crippen LogP contribution is -2.47. The van der Waals surface area contributed by atoms with Gasteiger partial charge in [-0.15, -0.1) is 0 Å². The molecule has 1 N–H and O–H groups in total. The van der Waals surface area contributed by atoms with Crippen LogP contribution in [0.25, 0.3) is 0 Å². The lowest BCUT2D eigenvalue weighted by atomic mass is 9.97. The molecule has 0 aromatic carbocycles. The van der Waals surface area contributed by atoms with Gasteiger partial charge in [-0.2, -0.15) is 0 Å². The van der Waals surface area contributed by atoms with Crippen molar-refractivity contribution in [1.82, 2.24) is 4.90 Å². The first-order valence-electron chi connectivity index (χ1n) is 11.4. The van der Waals surface area contributed by atoms with Crippen molar-refractivity contribution < 1.29 is 33.3 Å². The second kappa shape index (κ2) is 9.42. The summed E-state index contributed by atoms with van der Waals surface area (Å²) < 4.78 is 32.6. The SMILES string of the molecule is O=C1CC(=O)N([C@@H]2O[C@H](CO)C3OC4(CCCCCCCCCCC4)OC32)C=C1F. The maximum Gasteiger partial charge on any atom is 0.236 e. The zero-order valence-electron chi connectivity index (χ0n) is 17.4. The molecule has 0 aromatic heterocycles. The van der Waals surface area contributed by atoms with E-state index >= 15 is 0 Å². The molecule has 1 spiro atoms. The predicted molar refractivity (Wildman–Crippen MR) is 105 cm³/mol. The van der Waals surface area contributed by atoms with Crippen LogP contribution in [0.4, 0.5) is 4.39 Å². The van der Waals surface area contributed by atoms with E-state index in [1.54, 1.807) is 0 Å². The van der Waals surface area contributed by atoms with Crippen LogP contribution < -0.4 is 0 Å². The van der Waals surface area contributed by atoms with E-state index in [-0.39, 0.29) is 6.61 Å².